The zero-order valence-electron chi connectivity index (χ0n) is 14.1. The molecule has 1 N–H and O–H groups in total. The molecule has 0 bridgehead atoms. The highest BCUT2D eigenvalue weighted by Gasteiger charge is 2.19. The van der Waals surface area contributed by atoms with Crippen LogP contribution in [0.15, 0.2) is 53.6 Å². The lowest BCUT2D eigenvalue weighted by Gasteiger charge is -2.30. The molecule has 0 spiro atoms. The number of hydrazone groups is 1. The second kappa shape index (κ2) is 7.42. The third-order valence-electron chi connectivity index (χ3n) is 4.56. The van der Waals surface area contributed by atoms with Crippen molar-refractivity contribution in [1.29, 1.82) is 0 Å². The molecule has 0 radical (unpaired) electrons. The lowest BCUT2D eigenvalue weighted by molar-refractivity contribution is -0.918. The molecule has 1 fully saturated rings. The maximum Gasteiger partial charge on any atom is 0.103 e. The van der Waals surface area contributed by atoms with Gasteiger partial charge in [0.1, 0.15) is 6.54 Å². The molecular formula is C20H26N3+. The smallest absolute Gasteiger partial charge is 0.103 e. The Kier molecular flexibility index (Phi) is 5.09. The van der Waals surface area contributed by atoms with Gasteiger partial charge in [0.2, 0.25) is 0 Å². The number of nitrogens with zero attached hydrogens (tertiary/aromatic N) is 2. The Morgan fingerprint density at radius 1 is 1.04 bits per heavy atom. The lowest BCUT2D eigenvalue weighted by atomic mass is 10.1. The van der Waals surface area contributed by atoms with E-state index in [2.05, 4.69) is 54.3 Å². The molecule has 23 heavy (non-hydrogen) atoms. The van der Waals surface area contributed by atoms with Crippen molar-refractivity contribution in [1.82, 2.24) is 5.01 Å². The minimum absolute atomic E-state index is 1.03. The Labute approximate surface area is 139 Å². The number of benzene rings is 2. The third kappa shape index (κ3) is 4.42. The van der Waals surface area contributed by atoms with Gasteiger partial charge in [-0.3, -0.25) is 5.01 Å². The standard InChI is InChI=1S/C20H25N3/c1-17-8-9-20(18(2)14-17)16-22-10-12-23(13-11-22)21-15-19-6-4-3-5-7-19/h3-9,14-15H,10-13,16H2,1-2H3/p+1/b21-15-. The topological polar surface area (TPSA) is 20.0 Å². The lowest BCUT2D eigenvalue weighted by Crippen LogP contribution is -3.13. The second-order valence-corrected chi connectivity index (χ2v) is 6.47. The normalized spacial score (nSPS) is 16.2. The molecular weight excluding hydrogens is 282 g/mol. The molecule has 2 aromatic carbocycles. The number of piperazine rings is 1. The summed E-state index contributed by atoms with van der Waals surface area (Å²) in [4.78, 5) is 1.66. The van der Waals surface area contributed by atoms with E-state index in [-0.39, 0.29) is 0 Å². The quantitative estimate of drug-likeness (QED) is 0.857. The summed E-state index contributed by atoms with van der Waals surface area (Å²) >= 11 is 0. The maximum absolute atomic E-state index is 4.62. The van der Waals surface area contributed by atoms with Crippen LogP contribution in [0.4, 0.5) is 0 Å². The highest BCUT2D eigenvalue weighted by atomic mass is 15.5. The first-order valence-electron chi connectivity index (χ1n) is 8.44. The van der Waals surface area contributed by atoms with Crippen LogP contribution in [0.2, 0.25) is 0 Å². The van der Waals surface area contributed by atoms with Crippen molar-refractivity contribution in [3.05, 3.63) is 70.8 Å². The average molecular weight is 308 g/mol. The highest BCUT2D eigenvalue weighted by Crippen LogP contribution is 2.09. The number of aryl methyl sites for hydroxylation is 2. The number of nitrogens with one attached hydrogen (secondary N) is 1. The van der Waals surface area contributed by atoms with Gasteiger partial charge in [-0.25, -0.2) is 0 Å². The van der Waals surface area contributed by atoms with Gasteiger partial charge in [0.15, 0.2) is 0 Å². The van der Waals surface area contributed by atoms with Gasteiger partial charge in [-0.05, 0) is 25.0 Å². The van der Waals surface area contributed by atoms with Crippen molar-refractivity contribution in [2.24, 2.45) is 5.10 Å². The van der Waals surface area contributed by atoms with Crippen molar-refractivity contribution in [3.8, 4) is 0 Å². The van der Waals surface area contributed by atoms with E-state index in [9.17, 15) is 0 Å². The molecule has 0 aromatic heterocycles. The molecule has 120 valence electrons. The van der Waals surface area contributed by atoms with Gasteiger partial charge < -0.3 is 4.90 Å². The number of hydrogen-bond donors (Lipinski definition) is 1. The average Bonchev–Trinajstić information content (AvgIpc) is 2.58. The van der Waals surface area contributed by atoms with E-state index in [0.29, 0.717) is 0 Å². The molecule has 3 nitrogen and oxygen atoms in total. The van der Waals surface area contributed by atoms with Crippen LogP contribution in [0.1, 0.15) is 22.3 Å². The first-order valence-corrected chi connectivity index (χ1v) is 8.44. The highest BCUT2D eigenvalue weighted by molar-refractivity contribution is 5.79. The molecule has 1 aliphatic rings. The van der Waals surface area contributed by atoms with Crippen molar-refractivity contribution in [2.45, 2.75) is 20.4 Å². The van der Waals surface area contributed by atoms with Crippen LogP contribution in [0.3, 0.4) is 0 Å². The Morgan fingerprint density at radius 3 is 2.48 bits per heavy atom. The molecule has 1 heterocycles. The van der Waals surface area contributed by atoms with Crippen molar-refractivity contribution in [3.63, 3.8) is 0 Å². The van der Waals surface area contributed by atoms with Gasteiger partial charge in [-0.15, -0.1) is 0 Å². The molecule has 1 aliphatic heterocycles. The summed E-state index contributed by atoms with van der Waals surface area (Å²) in [6.45, 7) is 9.88. The molecule has 0 aliphatic carbocycles. The van der Waals surface area contributed by atoms with Crippen LogP contribution in [-0.2, 0) is 6.54 Å². The molecule has 0 saturated carbocycles. The van der Waals surface area contributed by atoms with Crippen molar-refractivity contribution in [2.75, 3.05) is 26.2 Å². The minimum Gasteiger partial charge on any atom is -0.328 e. The number of quaternary nitrogens is 1. The third-order valence-corrected chi connectivity index (χ3v) is 4.56. The van der Waals surface area contributed by atoms with Crippen molar-refractivity contribution < 1.29 is 4.90 Å². The molecule has 0 amide bonds. The van der Waals surface area contributed by atoms with E-state index in [1.165, 1.54) is 16.7 Å². The van der Waals surface area contributed by atoms with Gasteiger partial charge in [-0.2, -0.15) is 5.10 Å². The van der Waals surface area contributed by atoms with Crippen LogP contribution in [0.25, 0.3) is 0 Å². The zero-order valence-corrected chi connectivity index (χ0v) is 14.1. The summed E-state index contributed by atoms with van der Waals surface area (Å²) in [5.41, 5.74) is 5.41. The fourth-order valence-corrected chi connectivity index (χ4v) is 3.10. The number of rotatable bonds is 4. The summed E-state index contributed by atoms with van der Waals surface area (Å²) in [6, 6.07) is 17.1. The summed E-state index contributed by atoms with van der Waals surface area (Å²) < 4.78 is 0. The molecule has 3 rings (SSSR count). The summed E-state index contributed by atoms with van der Waals surface area (Å²) in [5, 5.41) is 6.81. The van der Waals surface area contributed by atoms with Gasteiger partial charge in [-0.1, -0.05) is 54.1 Å². The molecule has 2 aromatic rings. The van der Waals surface area contributed by atoms with Gasteiger partial charge in [0.25, 0.3) is 0 Å². The van der Waals surface area contributed by atoms with E-state index in [4.69, 9.17) is 0 Å². The summed E-state index contributed by atoms with van der Waals surface area (Å²) in [7, 11) is 0. The molecule has 3 heteroatoms. The first kappa shape index (κ1) is 15.8. The van der Waals surface area contributed by atoms with E-state index in [1.54, 1.807) is 4.90 Å². The predicted molar refractivity (Wildman–Crippen MR) is 95.9 cm³/mol. The van der Waals surface area contributed by atoms with Crippen LogP contribution in [0, 0.1) is 13.8 Å². The molecule has 0 atom stereocenters. The van der Waals surface area contributed by atoms with Crippen LogP contribution < -0.4 is 4.90 Å². The summed E-state index contributed by atoms with van der Waals surface area (Å²) in [6.07, 6.45) is 1.97. The maximum atomic E-state index is 4.62. The molecule has 1 saturated heterocycles. The zero-order chi connectivity index (χ0) is 16.1. The van der Waals surface area contributed by atoms with E-state index in [1.807, 2.05) is 24.4 Å². The largest absolute Gasteiger partial charge is 0.328 e. The Bertz CT molecular complexity index is 656. The van der Waals surface area contributed by atoms with E-state index < -0.39 is 0 Å². The van der Waals surface area contributed by atoms with Crippen molar-refractivity contribution >= 4 is 6.21 Å². The van der Waals surface area contributed by atoms with Crippen LogP contribution >= 0.6 is 0 Å². The van der Waals surface area contributed by atoms with Gasteiger partial charge >= 0.3 is 0 Å². The predicted octanol–water partition coefficient (Wildman–Crippen LogP) is 2.04. The fourth-order valence-electron chi connectivity index (χ4n) is 3.10. The van der Waals surface area contributed by atoms with E-state index >= 15 is 0 Å². The van der Waals surface area contributed by atoms with Crippen LogP contribution in [-0.4, -0.2) is 37.4 Å². The fraction of sp³-hybridized carbons (Fsp3) is 0.350. The first-order chi connectivity index (χ1) is 11.2. The monoisotopic (exact) mass is 308 g/mol. The summed E-state index contributed by atoms with van der Waals surface area (Å²) in [5.74, 6) is 0. The minimum atomic E-state index is 1.03. The number of hydrogen-bond acceptors (Lipinski definition) is 2. The SMILES string of the molecule is Cc1ccc(C[NH+]2CCN(/N=C\c3ccccc3)CC2)c(C)c1. The Hall–Kier alpha value is -2.13. The molecule has 0 unspecified atom stereocenters. The van der Waals surface area contributed by atoms with E-state index in [0.717, 1.165) is 38.3 Å². The van der Waals surface area contributed by atoms with Crippen LogP contribution in [0.5, 0.6) is 0 Å². The second-order valence-electron chi connectivity index (χ2n) is 6.47. The van der Waals surface area contributed by atoms with Gasteiger partial charge in [0, 0.05) is 5.56 Å². The van der Waals surface area contributed by atoms with Gasteiger partial charge in [0.05, 0.1) is 32.4 Å². The Balaban J connectivity index is 1.51. The Morgan fingerprint density at radius 2 is 1.78 bits per heavy atom.